The van der Waals surface area contributed by atoms with Gasteiger partial charge in [-0.1, -0.05) is 37.0 Å². The summed E-state index contributed by atoms with van der Waals surface area (Å²) in [6.45, 7) is 5.61. The van der Waals surface area contributed by atoms with Gasteiger partial charge in [0.15, 0.2) is 6.61 Å². The van der Waals surface area contributed by atoms with Gasteiger partial charge in [-0.3, -0.25) is 0 Å². The molecule has 0 bridgehead atoms. The molecular weight excluding hydrogens is 313 g/mol. The number of nitrogens with zero attached hydrogens (tertiary/aromatic N) is 2. The maximum atomic E-state index is 6.21. The number of nitrogens with one attached hydrogen (secondary N) is 1. The first-order chi connectivity index (χ1) is 10.1. The van der Waals surface area contributed by atoms with Gasteiger partial charge in [0.25, 0.3) is 5.89 Å². The Labute approximate surface area is 133 Å². The second-order valence-corrected chi connectivity index (χ2v) is 5.23. The number of hydrogen-bond donors (Lipinski definition) is 1. The van der Waals surface area contributed by atoms with Crippen LogP contribution in [0.2, 0.25) is 10.0 Å². The Morgan fingerprint density at radius 2 is 1.95 bits per heavy atom. The van der Waals surface area contributed by atoms with Crippen LogP contribution in [0.25, 0.3) is 0 Å². The summed E-state index contributed by atoms with van der Waals surface area (Å²) in [6.07, 6.45) is 0.695. The van der Waals surface area contributed by atoms with Crippen LogP contribution in [0.5, 0.6) is 5.75 Å². The zero-order valence-electron chi connectivity index (χ0n) is 11.9. The molecule has 1 aromatic carbocycles. The van der Waals surface area contributed by atoms with E-state index >= 15 is 0 Å². The van der Waals surface area contributed by atoms with E-state index in [9.17, 15) is 0 Å². The molecule has 0 radical (unpaired) electrons. The molecule has 0 atom stereocenters. The van der Waals surface area contributed by atoms with Crippen LogP contribution in [0.4, 0.5) is 0 Å². The van der Waals surface area contributed by atoms with Crippen molar-refractivity contribution in [3.8, 4) is 5.75 Å². The zero-order chi connectivity index (χ0) is 15.2. The maximum absolute atomic E-state index is 6.21. The summed E-state index contributed by atoms with van der Waals surface area (Å²) in [7, 11) is 0. The minimum atomic E-state index is 0.174. The van der Waals surface area contributed by atoms with Gasteiger partial charge in [0.1, 0.15) is 5.75 Å². The zero-order valence-corrected chi connectivity index (χ0v) is 13.5. The molecule has 1 heterocycles. The van der Waals surface area contributed by atoms with E-state index in [-0.39, 0.29) is 6.61 Å². The summed E-state index contributed by atoms with van der Waals surface area (Å²) in [5.41, 5.74) is 0.893. The normalized spacial score (nSPS) is 10.9. The Hall–Kier alpha value is -1.30. The molecule has 0 amide bonds. The molecule has 0 fully saturated rings. The summed E-state index contributed by atoms with van der Waals surface area (Å²) < 4.78 is 11.1. The molecule has 0 saturated heterocycles. The van der Waals surface area contributed by atoms with Crippen LogP contribution in [0, 0.1) is 0 Å². The van der Waals surface area contributed by atoms with Crippen LogP contribution in [-0.2, 0) is 19.6 Å². The number of halogens is 2. The largest absolute Gasteiger partial charge is 0.482 e. The molecule has 0 saturated carbocycles. The molecule has 114 valence electrons. The van der Waals surface area contributed by atoms with E-state index in [1.807, 2.05) is 19.9 Å². The lowest BCUT2D eigenvalue weighted by molar-refractivity contribution is 0.256. The summed E-state index contributed by atoms with van der Waals surface area (Å²) >= 11 is 12.2. The Morgan fingerprint density at radius 3 is 2.62 bits per heavy atom. The lowest BCUT2D eigenvalue weighted by Crippen LogP contribution is -2.13. The Morgan fingerprint density at radius 1 is 1.19 bits per heavy atom. The van der Waals surface area contributed by atoms with E-state index in [4.69, 9.17) is 32.4 Å². The number of rotatable bonds is 7. The standard InChI is InChI=1S/C14H17Cl2N3O2/c1-3-12-18-19-13(21-12)8-20-14-9(7-17-4-2)5-10(15)6-11(14)16/h5-6,17H,3-4,7-8H2,1-2H3. The van der Waals surface area contributed by atoms with Crippen LogP contribution in [0.15, 0.2) is 16.5 Å². The highest BCUT2D eigenvalue weighted by Crippen LogP contribution is 2.33. The van der Waals surface area contributed by atoms with E-state index in [0.717, 1.165) is 12.1 Å². The van der Waals surface area contributed by atoms with Gasteiger partial charge < -0.3 is 14.5 Å². The molecule has 5 nitrogen and oxygen atoms in total. The van der Waals surface area contributed by atoms with Gasteiger partial charge in [0.2, 0.25) is 5.89 Å². The van der Waals surface area contributed by atoms with E-state index in [1.54, 1.807) is 6.07 Å². The monoisotopic (exact) mass is 329 g/mol. The van der Waals surface area contributed by atoms with Gasteiger partial charge in [-0.15, -0.1) is 10.2 Å². The number of ether oxygens (including phenoxy) is 1. The first-order valence-electron chi connectivity index (χ1n) is 6.76. The number of aromatic nitrogens is 2. The average molecular weight is 330 g/mol. The first kappa shape index (κ1) is 16.1. The summed E-state index contributed by atoms with van der Waals surface area (Å²) in [6, 6.07) is 3.48. The van der Waals surface area contributed by atoms with E-state index in [2.05, 4.69) is 15.5 Å². The lowest BCUT2D eigenvalue weighted by atomic mass is 10.2. The molecule has 0 aliphatic heterocycles. The first-order valence-corrected chi connectivity index (χ1v) is 7.52. The molecular formula is C14H17Cl2N3O2. The van der Waals surface area contributed by atoms with Crippen LogP contribution < -0.4 is 10.1 Å². The Kier molecular flexibility index (Phi) is 5.85. The SMILES string of the molecule is CCNCc1cc(Cl)cc(Cl)c1OCc1nnc(CC)o1. The van der Waals surface area contributed by atoms with Crippen molar-refractivity contribution in [1.29, 1.82) is 0 Å². The average Bonchev–Trinajstić information content (AvgIpc) is 2.91. The van der Waals surface area contributed by atoms with Gasteiger partial charge in [-0.25, -0.2) is 0 Å². The molecule has 1 N–H and O–H groups in total. The molecule has 7 heteroatoms. The molecule has 2 aromatic rings. The van der Waals surface area contributed by atoms with E-state index in [0.29, 0.717) is 40.5 Å². The molecule has 2 rings (SSSR count). The topological polar surface area (TPSA) is 60.2 Å². The van der Waals surface area contributed by atoms with Gasteiger partial charge in [0.05, 0.1) is 5.02 Å². The molecule has 1 aromatic heterocycles. The Bertz CT molecular complexity index is 602. The fraction of sp³-hybridized carbons (Fsp3) is 0.429. The molecule has 0 aliphatic carbocycles. The Balaban J connectivity index is 2.13. The van der Waals surface area contributed by atoms with Crippen LogP contribution in [-0.4, -0.2) is 16.7 Å². The quantitative estimate of drug-likeness (QED) is 0.840. The third kappa shape index (κ3) is 4.33. The predicted octanol–water partition coefficient (Wildman–Crippen LogP) is 3.63. The minimum Gasteiger partial charge on any atom is -0.482 e. The minimum absolute atomic E-state index is 0.174. The van der Waals surface area contributed by atoms with Crippen molar-refractivity contribution in [3.05, 3.63) is 39.5 Å². The van der Waals surface area contributed by atoms with Crippen LogP contribution >= 0.6 is 23.2 Å². The van der Waals surface area contributed by atoms with Crippen molar-refractivity contribution in [1.82, 2.24) is 15.5 Å². The van der Waals surface area contributed by atoms with E-state index < -0.39 is 0 Å². The van der Waals surface area contributed by atoms with Crippen molar-refractivity contribution >= 4 is 23.2 Å². The fourth-order valence-electron chi connectivity index (χ4n) is 1.79. The number of hydrogen-bond acceptors (Lipinski definition) is 5. The second-order valence-electron chi connectivity index (χ2n) is 4.39. The molecule has 21 heavy (non-hydrogen) atoms. The van der Waals surface area contributed by atoms with Gasteiger partial charge >= 0.3 is 0 Å². The highest BCUT2D eigenvalue weighted by Gasteiger charge is 2.13. The number of benzene rings is 1. The van der Waals surface area contributed by atoms with Gasteiger partial charge in [-0.05, 0) is 18.7 Å². The predicted molar refractivity (Wildman–Crippen MR) is 81.9 cm³/mol. The third-order valence-electron chi connectivity index (χ3n) is 2.80. The summed E-state index contributed by atoms with van der Waals surface area (Å²) in [5, 5.41) is 12.1. The van der Waals surface area contributed by atoms with Gasteiger partial charge in [-0.2, -0.15) is 0 Å². The molecule has 0 spiro atoms. The van der Waals surface area contributed by atoms with Crippen LogP contribution in [0.3, 0.4) is 0 Å². The second kappa shape index (κ2) is 7.64. The smallest absolute Gasteiger partial charge is 0.253 e. The van der Waals surface area contributed by atoms with Crippen molar-refractivity contribution in [2.75, 3.05) is 6.54 Å². The van der Waals surface area contributed by atoms with Crippen molar-refractivity contribution < 1.29 is 9.15 Å². The number of aryl methyl sites for hydroxylation is 1. The van der Waals surface area contributed by atoms with E-state index in [1.165, 1.54) is 0 Å². The highest BCUT2D eigenvalue weighted by atomic mass is 35.5. The van der Waals surface area contributed by atoms with Crippen LogP contribution in [0.1, 0.15) is 31.2 Å². The van der Waals surface area contributed by atoms with Crippen molar-refractivity contribution in [2.45, 2.75) is 33.4 Å². The molecule has 0 aliphatic rings. The molecule has 0 unspecified atom stereocenters. The maximum Gasteiger partial charge on any atom is 0.253 e. The van der Waals surface area contributed by atoms with Crippen molar-refractivity contribution in [3.63, 3.8) is 0 Å². The third-order valence-corrected chi connectivity index (χ3v) is 3.30. The van der Waals surface area contributed by atoms with Gasteiger partial charge in [0, 0.05) is 23.6 Å². The summed E-state index contributed by atoms with van der Waals surface area (Å²) in [4.78, 5) is 0. The summed E-state index contributed by atoms with van der Waals surface area (Å²) in [5.74, 6) is 1.59. The fourth-order valence-corrected chi connectivity index (χ4v) is 2.38. The lowest BCUT2D eigenvalue weighted by Gasteiger charge is -2.13. The van der Waals surface area contributed by atoms with Crippen molar-refractivity contribution in [2.24, 2.45) is 0 Å². The highest BCUT2D eigenvalue weighted by molar-refractivity contribution is 6.35.